The van der Waals surface area contributed by atoms with E-state index < -0.39 is 5.60 Å². The highest BCUT2D eigenvalue weighted by Gasteiger charge is 2.57. The highest BCUT2D eigenvalue weighted by atomic mass is 35.5. The standard InChI is InChI=1S/C27H33ClN4O3/c1-26(35,18-7-5-4-6-8-18)25(34)32-16-27(17-32)12-21(13-27)31-14-20(15-31)29-19-9-10-22(23(28)11-19)24(33)30(2)3/h4-11,20-21,29,35H,12-17H2,1-3H3/t26-/m0/s1. The summed E-state index contributed by atoms with van der Waals surface area (Å²) in [6.07, 6.45) is 2.20. The molecule has 2 aromatic rings. The van der Waals surface area contributed by atoms with Crippen LogP contribution in [-0.4, -0.2) is 84.0 Å². The average Bonchev–Trinajstić information content (AvgIpc) is 2.75. The third-order valence-electron chi connectivity index (χ3n) is 7.83. The van der Waals surface area contributed by atoms with E-state index in [9.17, 15) is 14.7 Å². The first-order valence-electron chi connectivity index (χ1n) is 12.2. The van der Waals surface area contributed by atoms with Gasteiger partial charge >= 0.3 is 0 Å². The largest absolute Gasteiger partial charge is 0.380 e. The van der Waals surface area contributed by atoms with E-state index in [-0.39, 0.29) is 17.2 Å². The van der Waals surface area contributed by atoms with Crippen molar-refractivity contribution in [3.05, 3.63) is 64.7 Å². The third kappa shape index (κ3) is 4.41. The van der Waals surface area contributed by atoms with Crippen molar-refractivity contribution in [3.63, 3.8) is 0 Å². The number of carbonyl (C=O) groups excluding carboxylic acids is 2. The molecule has 8 heteroatoms. The maximum Gasteiger partial charge on any atom is 0.258 e. The fourth-order valence-electron chi connectivity index (χ4n) is 5.71. The highest BCUT2D eigenvalue weighted by molar-refractivity contribution is 6.34. The van der Waals surface area contributed by atoms with Crippen molar-refractivity contribution in [3.8, 4) is 0 Å². The van der Waals surface area contributed by atoms with Crippen LogP contribution in [0, 0.1) is 5.41 Å². The third-order valence-corrected chi connectivity index (χ3v) is 8.14. The van der Waals surface area contributed by atoms with E-state index in [2.05, 4.69) is 10.2 Å². The molecule has 2 saturated heterocycles. The number of carbonyl (C=O) groups is 2. The molecule has 3 aliphatic rings. The maximum absolute atomic E-state index is 12.9. The Morgan fingerprint density at radius 3 is 2.37 bits per heavy atom. The summed E-state index contributed by atoms with van der Waals surface area (Å²) in [5.41, 5.74) is 0.808. The van der Waals surface area contributed by atoms with E-state index in [0.29, 0.717) is 28.2 Å². The van der Waals surface area contributed by atoms with Gasteiger partial charge in [-0.05, 0) is 43.5 Å². The summed E-state index contributed by atoms with van der Waals surface area (Å²) in [5, 5.41) is 14.8. The smallest absolute Gasteiger partial charge is 0.258 e. The lowest BCUT2D eigenvalue weighted by atomic mass is 9.59. The predicted molar refractivity (Wildman–Crippen MR) is 137 cm³/mol. The number of amides is 2. The van der Waals surface area contributed by atoms with Crippen molar-refractivity contribution < 1.29 is 14.7 Å². The Kier molecular flexibility index (Phi) is 6.06. The lowest BCUT2D eigenvalue weighted by Crippen LogP contribution is -2.72. The first-order valence-corrected chi connectivity index (χ1v) is 12.5. The summed E-state index contributed by atoms with van der Waals surface area (Å²) >= 11 is 6.33. The van der Waals surface area contributed by atoms with E-state index in [0.717, 1.165) is 44.7 Å². The second kappa shape index (κ2) is 8.80. The molecule has 186 valence electrons. The second-order valence-corrected chi connectivity index (χ2v) is 11.3. The molecule has 3 fully saturated rings. The Morgan fingerprint density at radius 1 is 1.11 bits per heavy atom. The topological polar surface area (TPSA) is 76.1 Å². The Labute approximate surface area is 211 Å². The van der Waals surface area contributed by atoms with Gasteiger partial charge in [0.2, 0.25) is 0 Å². The molecule has 35 heavy (non-hydrogen) atoms. The summed E-state index contributed by atoms with van der Waals surface area (Å²) in [6.45, 7) is 5.01. The SMILES string of the molecule is CN(C)C(=O)c1ccc(NC2CN(C3CC4(C3)CN(C(=O)[C@@](C)(O)c3ccccc3)C4)C2)cc1Cl. The van der Waals surface area contributed by atoms with Crippen molar-refractivity contribution in [2.45, 2.75) is 37.5 Å². The highest BCUT2D eigenvalue weighted by Crippen LogP contribution is 2.51. The molecule has 5 rings (SSSR count). The zero-order valence-electron chi connectivity index (χ0n) is 20.5. The summed E-state index contributed by atoms with van der Waals surface area (Å²) < 4.78 is 0. The first kappa shape index (κ1) is 24.1. The van der Waals surface area contributed by atoms with Crippen molar-refractivity contribution in [2.75, 3.05) is 45.6 Å². The van der Waals surface area contributed by atoms with Gasteiger partial charge in [-0.3, -0.25) is 14.5 Å². The number of benzene rings is 2. The molecule has 7 nitrogen and oxygen atoms in total. The minimum atomic E-state index is -1.48. The Morgan fingerprint density at radius 2 is 1.77 bits per heavy atom. The summed E-state index contributed by atoms with van der Waals surface area (Å²) in [7, 11) is 3.43. The average molecular weight is 497 g/mol. The van der Waals surface area contributed by atoms with Gasteiger partial charge in [0.25, 0.3) is 11.8 Å². The lowest BCUT2D eigenvalue weighted by Gasteiger charge is -2.63. The summed E-state index contributed by atoms with van der Waals surface area (Å²) in [4.78, 5) is 30.9. The van der Waals surface area contributed by atoms with E-state index in [1.807, 2.05) is 30.3 Å². The second-order valence-electron chi connectivity index (χ2n) is 10.9. The van der Waals surface area contributed by atoms with Crippen LogP contribution in [0.1, 0.15) is 35.7 Å². The zero-order chi connectivity index (χ0) is 25.0. The molecule has 1 aliphatic carbocycles. The molecule has 0 unspecified atom stereocenters. The van der Waals surface area contributed by atoms with Gasteiger partial charge < -0.3 is 20.2 Å². The molecule has 1 atom stereocenters. The number of hydrogen-bond acceptors (Lipinski definition) is 5. The monoisotopic (exact) mass is 496 g/mol. The molecule has 2 aliphatic heterocycles. The predicted octanol–water partition coefficient (Wildman–Crippen LogP) is 3.04. The number of nitrogens with one attached hydrogen (secondary N) is 1. The van der Waals surface area contributed by atoms with Gasteiger partial charge in [-0.25, -0.2) is 0 Å². The fraction of sp³-hybridized carbons (Fsp3) is 0.481. The maximum atomic E-state index is 12.9. The van der Waals surface area contributed by atoms with Crippen LogP contribution in [0.25, 0.3) is 0 Å². The number of hydrogen-bond donors (Lipinski definition) is 2. The summed E-state index contributed by atoms with van der Waals surface area (Å²) in [6, 6.07) is 15.6. The van der Waals surface area contributed by atoms with Gasteiger partial charge in [0.1, 0.15) is 0 Å². The van der Waals surface area contributed by atoms with Crippen LogP contribution in [0.5, 0.6) is 0 Å². The van der Waals surface area contributed by atoms with Gasteiger partial charge in [0.05, 0.1) is 16.6 Å². The van der Waals surface area contributed by atoms with Crippen LogP contribution in [0.3, 0.4) is 0 Å². The van der Waals surface area contributed by atoms with Gasteiger partial charge in [-0.2, -0.15) is 0 Å². The molecule has 2 heterocycles. The number of nitrogens with zero attached hydrogens (tertiary/aromatic N) is 3. The Balaban J connectivity index is 1.06. The molecule has 2 aromatic carbocycles. The van der Waals surface area contributed by atoms with E-state index in [1.54, 1.807) is 44.1 Å². The normalized spacial score (nSPS) is 21.5. The van der Waals surface area contributed by atoms with Gasteiger partial charge in [0, 0.05) is 57.4 Å². The summed E-state index contributed by atoms with van der Waals surface area (Å²) in [5.74, 6) is -0.307. The molecule has 0 bridgehead atoms. The molecule has 1 saturated carbocycles. The minimum absolute atomic E-state index is 0.102. The van der Waals surface area contributed by atoms with Crippen molar-refractivity contribution in [1.29, 1.82) is 0 Å². The molecule has 1 spiro atoms. The quantitative estimate of drug-likeness (QED) is 0.643. The molecular weight excluding hydrogens is 464 g/mol. The number of aliphatic hydroxyl groups is 1. The van der Waals surface area contributed by atoms with Crippen LogP contribution in [0.4, 0.5) is 5.69 Å². The zero-order valence-corrected chi connectivity index (χ0v) is 21.3. The molecule has 0 aromatic heterocycles. The van der Waals surface area contributed by atoms with E-state index >= 15 is 0 Å². The number of halogens is 1. The van der Waals surface area contributed by atoms with Crippen molar-refractivity contribution in [2.24, 2.45) is 5.41 Å². The van der Waals surface area contributed by atoms with Crippen LogP contribution in [0.15, 0.2) is 48.5 Å². The van der Waals surface area contributed by atoms with Crippen molar-refractivity contribution in [1.82, 2.24) is 14.7 Å². The van der Waals surface area contributed by atoms with Gasteiger partial charge in [-0.1, -0.05) is 41.9 Å². The van der Waals surface area contributed by atoms with Crippen LogP contribution < -0.4 is 5.32 Å². The number of anilines is 1. The minimum Gasteiger partial charge on any atom is -0.380 e. The Hall–Kier alpha value is -2.61. The van der Waals surface area contributed by atoms with Gasteiger partial charge in [-0.15, -0.1) is 0 Å². The molecular formula is C27H33ClN4O3. The Bertz CT molecular complexity index is 1120. The molecule has 2 N–H and O–H groups in total. The van der Waals surface area contributed by atoms with Crippen LogP contribution in [0.2, 0.25) is 5.02 Å². The van der Waals surface area contributed by atoms with Crippen LogP contribution >= 0.6 is 11.6 Å². The van der Waals surface area contributed by atoms with E-state index in [4.69, 9.17) is 11.6 Å². The number of rotatable bonds is 6. The molecule has 0 radical (unpaired) electrons. The van der Waals surface area contributed by atoms with E-state index in [1.165, 1.54) is 4.90 Å². The van der Waals surface area contributed by atoms with Crippen LogP contribution in [-0.2, 0) is 10.4 Å². The van der Waals surface area contributed by atoms with Crippen molar-refractivity contribution >= 4 is 29.1 Å². The van der Waals surface area contributed by atoms with Gasteiger partial charge in [0.15, 0.2) is 5.60 Å². The number of likely N-dealkylation sites (tertiary alicyclic amines) is 2. The first-order chi connectivity index (χ1) is 16.6. The fourth-order valence-corrected chi connectivity index (χ4v) is 5.98. The molecule has 2 amide bonds. The lowest BCUT2D eigenvalue weighted by molar-refractivity contribution is -0.177.